The molecule has 26 heavy (non-hydrogen) atoms. The van der Waals surface area contributed by atoms with Crippen LogP contribution in [0.3, 0.4) is 0 Å². The summed E-state index contributed by atoms with van der Waals surface area (Å²) in [5.41, 5.74) is 0.557. The molecule has 0 aliphatic heterocycles. The Kier molecular flexibility index (Phi) is 3.89. The monoisotopic (exact) mass is 365 g/mol. The Bertz CT molecular complexity index is 988. The zero-order valence-corrected chi connectivity index (χ0v) is 13.5. The zero-order chi connectivity index (χ0) is 18.3. The molecule has 0 N–H and O–H groups in total. The number of halogens is 3. The SMILES string of the molecule is O=c1c2nnn(-c3ccc(OC(F)(F)F)cc3)c2ncn1C1CCCC1. The lowest BCUT2D eigenvalue weighted by Gasteiger charge is -2.12. The van der Waals surface area contributed by atoms with Crippen molar-refractivity contribution in [1.29, 1.82) is 0 Å². The lowest BCUT2D eigenvalue weighted by atomic mass is 10.2. The van der Waals surface area contributed by atoms with Crippen molar-refractivity contribution in [1.82, 2.24) is 24.5 Å². The molecule has 4 rings (SSSR count). The molecule has 1 fully saturated rings. The molecule has 0 saturated heterocycles. The summed E-state index contributed by atoms with van der Waals surface area (Å²) in [5.74, 6) is -0.345. The molecule has 136 valence electrons. The summed E-state index contributed by atoms with van der Waals surface area (Å²) in [6, 6.07) is 5.23. The van der Waals surface area contributed by atoms with E-state index < -0.39 is 6.36 Å². The molecular formula is C16H14F3N5O2. The summed E-state index contributed by atoms with van der Waals surface area (Å²) in [6.07, 6.45) is 0.752. The minimum atomic E-state index is -4.76. The molecule has 1 aromatic carbocycles. The number of rotatable bonds is 3. The first-order chi connectivity index (χ1) is 12.4. The Labute approximate surface area is 145 Å². The Hall–Kier alpha value is -2.91. The molecule has 2 heterocycles. The summed E-state index contributed by atoms with van der Waals surface area (Å²) in [6.45, 7) is 0. The van der Waals surface area contributed by atoms with Crippen LogP contribution in [0.15, 0.2) is 35.4 Å². The summed E-state index contributed by atoms with van der Waals surface area (Å²) < 4.78 is 43.5. The maximum atomic E-state index is 12.6. The highest BCUT2D eigenvalue weighted by Gasteiger charge is 2.31. The molecule has 0 unspecified atom stereocenters. The van der Waals surface area contributed by atoms with Gasteiger partial charge in [-0.1, -0.05) is 18.1 Å². The lowest BCUT2D eigenvalue weighted by Crippen LogP contribution is -2.24. The highest BCUT2D eigenvalue weighted by Crippen LogP contribution is 2.28. The molecule has 0 atom stereocenters. The summed E-state index contributed by atoms with van der Waals surface area (Å²) in [7, 11) is 0. The van der Waals surface area contributed by atoms with E-state index in [1.807, 2.05) is 0 Å². The second kappa shape index (κ2) is 6.11. The number of ether oxygens (including phenoxy) is 1. The van der Waals surface area contributed by atoms with Gasteiger partial charge in [-0.05, 0) is 37.1 Å². The third kappa shape index (κ3) is 3.02. The molecule has 1 aliphatic rings. The Morgan fingerprint density at radius 1 is 1.12 bits per heavy atom. The van der Waals surface area contributed by atoms with Crippen LogP contribution in [0.4, 0.5) is 13.2 Å². The molecule has 1 aliphatic carbocycles. The topological polar surface area (TPSA) is 74.8 Å². The van der Waals surface area contributed by atoms with Gasteiger partial charge in [-0.3, -0.25) is 9.36 Å². The second-order valence-electron chi connectivity index (χ2n) is 6.11. The number of alkyl halides is 3. The molecule has 0 radical (unpaired) electrons. The molecule has 7 nitrogen and oxygen atoms in total. The minimum Gasteiger partial charge on any atom is -0.406 e. The van der Waals surface area contributed by atoms with Gasteiger partial charge in [-0.15, -0.1) is 18.3 Å². The van der Waals surface area contributed by atoms with Crippen LogP contribution in [-0.2, 0) is 0 Å². The Morgan fingerprint density at radius 2 is 1.81 bits per heavy atom. The van der Waals surface area contributed by atoms with E-state index >= 15 is 0 Å². The third-order valence-electron chi connectivity index (χ3n) is 4.42. The van der Waals surface area contributed by atoms with Crippen LogP contribution in [0.2, 0.25) is 0 Å². The maximum absolute atomic E-state index is 12.6. The zero-order valence-electron chi connectivity index (χ0n) is 13.5. The highest BCUT2D eigenvalue weighted by molar-refractivity contribution is 5.70. The smallest absolute Gasteiger partial charge is 0.406 e. The van der Waals surface area contributed by atoms with Crippen LogP contribution in [0.5, 0.6) is 5.75 Å². The predicted molar refractivity (Wildman–Crippen MR) is 85.1 cm³/mol. The van der Waals surface area contributed by atoms with Crippen molar-refractivity contribution < 1.29 is 17.9 Å². The van der Waals surface area contributed by atoms with Crippen molar-refractivity contribution in [2.45, 2.75) is 38.1 Å². The van der Waals surface area contributed by atoms with Gasteiger partial charge in [-0.25, -0.2) is 4.98 Å². The van der Waals surface area contributed by atoms with Crippen molar-refractivity contribution >= 4 is 11.2 Å². The average molecular weight is 365 g/mol. The van der Waals surface area contributed by atoms with Crippen LogP contribution in [0, 0.1) is 0 Å². The molecule has 3 aromatic rings. The van der Waals surface area contributed by atoms with Crippen molar-refractivity contribution in [2.75, 3.05) is 0 Å². The minimum absolute atomic E-state index is 0.128. The van der Waals surface area contributed by atoms with Gasteiger partial charge in [0.05, 0.1) is 5.69 Å². The number of benzene rings is 1. The molecule has 0 spiro atoms. The largest absolute Gasteiger partial charge is 0.573 e. The van der Waals surface area contributed by atoms with E-state index in [0.717, 1.165) is 37.8 Å². The highest BCUT2D eigenvalue weighted by atomic mass is 19.4. The van der Waals surface area contributed by atoms with Crippen molar-refractivity contribution in [3.05, 3.63) is 40.9 Å². The van der Waals surface area contributed by atoms with Crippen molar-refractivity contribution in [3.8, 4) is 11.4 Å². The Balaban J connectivity index is 1.69. The summed E-state index contributed by atoms with van der Waals surface area (Å²) in [5, 5.41) is 7.84. The second-order valence-corrected chi connectivity index (χ2v) is 6.11. The van der Waals surface area contributed by atoms with Crippen LogP contribution in [-0.4, -0.2) is 30.9 Å². The first kappa shape index (κ1) is 16.6. The number of aromatic nitrogens is 5. The maximum Gasteiger partial charge on any atom is 0.573 e. The number of nitrogens with zero attached hydrogens (tertiary/aromatic N) is 5. The van der Waals surface area contributed by atoms with E-state index in [1.165, 1.54) is 23.1 Å². The van der Waals surface area contributed by atoms with Gasteiger partial charge < -0.3 is 4.74 Å². The average Bonchev–Trinajstić information content (AvgIpc) is 3.24. The van der Waals surface area contributed by atoms with Crippen LogP contribution >= 0.6 is 0 Å². The quantitative estimate of drug-likeness (QED) is 0.713. The fraction of sp³-hybridized carbons (Fsp3) is 0.375. The first-order valence-corrected chi connectivity index (χ1v) is 8.11. The van der Waals surface area contributed by atoms with E-state index in [0.29, 0.717) is 5.69 Å². The molecule has 0 bridgehead atoms. The van der Waals surface area contributed by atoms with E-state index in [-0.39, 0.29) is 28.5 Å². The van der Waals surface area contributed by atoms with Gasteiger partial charge in [-0.2, -0.15) is 4.68 Å². The Morgan fingerprint density at radius 3 is 2.46 bits per heavy atom. The van der Waals surface area contributed by atoms with Gasteiger partial charge in [0, 0.05) is 6.04 Å². The van der Waals surface area contributed by atoms with Crippen LogP contribution in [0.1, 0.15) is 31.7 Å². The first-order valence-electron chi connectivity index (χ1n) is 8.11. The summed E-state index contributed by atoms with van der Waals surface area (Å²) >= 11 is 0. The predicted octanol–water partition coefficient (Wildman–Crippen LogP) is 2.99. The van der Waals surface area contributed by atoms with Gasteiger partial charge in [0.15, 0.2) is 11.2 Å². The van der Waals surface area contributed by atoms with Gasteiger partial charge in [0.1, 0.15) is 12.1 Å². The fourth-order valence-corrected chi connectivity index (χ4v) is 3.23. The van der Waals surface area contributed by atoms with Gasteiger partial charge in [0.2, 0.25) is 0 Å². The summed E-state index contributed by atoms with van der Waals surface area (Å²) in [4.78, 5) is 16.9. The van der Waals surface area contributed by atoms with E-state index in [1.54, 1.807) is 4.57 Å². The van der Waals surface area contributed by atoms with Crippen molar-refractivity contribution in [3.63, 3.8) is 0 Å². The molecular weight excluding hydrogens is 351 g/mol. The van der Waals surface area contributed by atoms with E-state index in [4.69, 9.17) is 0 Å². The molecule has 2 aromatic heterocycles. The normalized spacial score (nSPS) is 15.7. The van der Waals surface area contributed by atoms with Crippen LogP contribution < -0.4 is 10.3 Å². The fourth-order valence-electron chi connectivity index (χ4n) is 3.23. The van der Waals surface area contributed by atoms with Gasteiger partial charge in [0.25, 0.3) is 5.56 Å². The number of hydrogen-bond acceptors (Lipinski definition) is 5. The standard InChI is InChI=1S/C16H14F3N5O2/c17-16(18,19)26-12-7-5-11(6-8-12)24-14-13(21-22-24)15(25)23(9-20-14)10-3-1-2-4-10/h5-10H,1-4H2. The van der Waals surface area contributed by atoms with E-state index in [9.17, 15) is 18.0 Å². The number of fused-ring (bicyclic) bond motifs is 1. The van der Waals surface area contributed by atoms with Gasteiger partial charge >= 0.3 is 6.36 Å². The molecule has 10 heteroatoms. The lowest BCUT2D eigenvalue weighted by molar-refractivity contribution is -0.274. The third-order valence-corrected chi connectivity index (χ3v) is 4.42. The van der Waals surface area contributed by atoms with Crippen molar-refractivity contribution in [2.24, 2.45) is 0 Å². The van der Waals surface area contributed by atoms with E-state index in [2.05, 4.69) is 20.0 Å². The van der Waals surface area contributed by atoms with Crippen LogP contribution in [0.25, 0.3) is 16.9 Å². The number of hydrogen-bond donors (Lipinski definition) is 0. The molecule has 0 amide bonds. The molecule has 1 saturated carbocycles.